The molecule has 0 amide bonds. The number of unbranched alkanes of at least 4 members (excludes halogenated alkanes) is 8. The van der Waals surface area contributed by atoms with Crippen LogP contribution in [0.25, 0.3) is 10.4 Å². The second-order valence-corrected chi connectivity index (χ2v) is 8.19. The van der Waals surface area contributed by atoms with E-state index in [0.717, 1.165) is 0 Å². The van der Waals surface area contributed by atoms with Crippen molar-refractivity contribution in [2.45, 2.75) is 71.6 Å². The maximum Gasteiger partial charge on any atom is 0.466 e. The maximum atomic E-state index is 8.88. The summed E-state index contributed by atoms with van der Waals surface area (Å²) in [7, 11) is -13.9. The van der Waals surface area contributed by atoms with Gasteiger partial charge in [-0.05, 0) is 10.4 Å². The van der Waals surface area contributed by atoms with E-state index in [1.165, 1.54) is 57.8 Å². The molecule has 0 saturated heterocycles. The van der Waals surface area contributed by atoms with Crippen LogP contribution in [0.1, 0.15) is 71.6 Å². The number of hydrogen-bond acceptors (Lipinski definition) is 4. The summed E-state index contributed by atoms with van der Waals surface area (Å²) in [6.45, 7) is 4.55. The molecule has 0 aromatic heterocycles. The van der Waals surface area contributed by atoms with Crippen LogP contribution in [0.4, 0.5) is 0 Å². The molecule has 15 nitrogen and oxygen atoms in total. The number of nitrogens with one attached hydrogen (secondary N) is 1. The molecule has 0 rings (SSSR count). The summed E-state index contributed by atoms with van der Waals surface area (Å²) in [5.74, 6) is 0. The minimum Gasteiger partial charge on any atom is -0.303 e. The van der Waals surface area contributed by atoms with Crippen molar-refractivity contribution >= 4 is 23.5 Å². The third-order valence-corrected chi connectivity index (χ3v) is 2.21. The molecule has 0 unspecified atom stereocenters. The minimum atomic E-state index is -4.64. The summed E-state index contributed by atoms with van der Waals surface area (Å²) in [5.41, 5.74) is 12.2. The Labute approximate surface area is 169 Å². The first-order valence-corrected chi connectivity index (χ1v) is 12.9. The van der Waals surface area contributed by atoms with E-state index < -0.39 is 23.5 Å². The molecule has 0 bridgehead atoms. The lowest BCUT2D eigenvalue weighted by Gasteiger charge is -1.98. The fraction of sp³-hybridized carbons (Fsp3) is 1.00. The van der Waals surface area contributed by atoms with Crippen LogP contribution in [-0.2, 0) is 13.7 Å². The molecule has 0 saturated carbocycles. The van der Waals surface area contributed by atoms with Crippen molar-refractivity contribution < 1.29 is 57.7 Å². The van der Waals surface area contributed by atoms with Crippen molar-refractivity contribution in [1.29, 1.82) is 5.53 Å². The predicted octanol–water partition coefficient (Wildman–Crippen LogP) is 2.63. The lowest BCUT2D eigenvalue weighted by atomic mass is 10.1. The van der Waals surface area contributed by atoms with Crippen LogP contribution >= 0.6 is 23.5 Å². The van der Waals surface area contributed by atoms with Gasteiger partial charge in [-0.15, -0.1) is 5.53 Å². The van der Waals surface area contributed by atoms with Gasteiger partial charge in [-0.1, -0.05) is 71.6 Å². The van der Waals surface area contributed by atoms with Crippen LogP contribution in [0.3, 0.4) is 0 Å². The number of hydrogen-bond donors (Lipinski definition) is 10. The maximum absolute atomic E-state index is 8.88. The van der Waals surface area contributed by atoms with Gasteiger partial charge in [0.05, 0.1) is 0 Å². The highest BCUT2D eigenvalue weighted by molar-refractivity contribution is 7.45. The Hall–Kier alpha value is -0.360. The van der Waals surface area contributed by atoms with Crippen LogP contribution in [0.15, 0.2) is 0 Å². The predicted molar refractivity (Wildman–Crippen MR) is 105 cm³/mol. The van der Waals surface area contributed by atoms with Crippen molar-refractivity contribution in [3.63, 3.8) is 0 Å². The van der Waals surface area contributed by atoms with Gasteiger partial charge < -0.3 is 44.0 Å². The second-order valence-electron chi connectivity index (χ2n) is 5.11. The molecule has 180 valence electrons. The Balaban J connectivity index is -0.0000000906. The molecular weight excluding hydrogens is 459 g/mol. The normalized spacial score (nSPS) is 10.3. The Bertz CT molecular complexity index is 418. The van der Waals surface area contributed by atoms with Crippen molar-refractivity contribution in [2.75, 3.05) is 0 Å². The monoisotopic (exact) mass is 493 g/mol. The smallest absolute Gasteiger partial charge is 0.303 e. The van der Waals surface area contributed by atoms with Crippen molar-refractivity contribution in [2.24, 2.45) is 0 Å². The first-order chi connectivity index (χ1) is 12.8. The number of rotatable bonds is 8. The van der Waals surface area contributed by atoms with E-state index in [1.54, 1.807) is 4.91 Å². The van der Waals surface area contributed by atoms with Gasteiger partial charge in [0.2, 0.25) is 0 Å². The zero-order chi connectivity index (χ0) is 24.6. The molecule has 0 aromatic rings. The summed E-state index contributed by atoms with van der Waals surface area (Å²) >= 11 is 0. The van der Waals surface area contributed by atoms with Crippen LogP contribution in [-0.4, -0.2) is 44.0 Å². The Kier molecular flexibility index (Phi) is 34.7. The second kappa shape index (κ2) is 25.7. The Morgan fingerprint density at radius 2 is 0.690 bits per heavy atom. The van der Waals surface area contributed by atoms with E-state index in [-0.39, 0.29) is 0 Å². The van der Waals surface area contributed by atoms with E-state index in [2.05, 4.69) is 13.8 Å². The summed E-state index contributed by atoms with van der Waals surface area (Å²) in [6, 6.07) is 0. The topological polar surface area (TPSA) is 294 Å². The first-order valence-electron chi connectivity index (χ1n) is 8.19. The zero-order valence-electron chi connectivity index (χ0n) is 16.3. The molecule has 10 N–H and O–H groups in total. The van der Waals surface area contributed by atoms with Crippen molar-refractivity contribution in [3.05, 3.63) is 10.4 Å². The highest BCUT2D eigenvalue weighted by Crippen LogP contribution is 2.26. The lowest BCUT2D eigenvalue weighted by Crippen LogP contribution is -1.79. The van der Waals surface area contributed by atoms with E-state index in [4.69, 9.17) is 68.8 Å². The molecule has 0 aromatic carbocycles. The van der Waals surface area contributed by atoms with Gasteiger partial charge in [0.25, 0.3) is 0 Å². The highest BCUT2D eigenvalue weighted by Gasteiger charge is 2.01. The van der Waals surface area contributed by atoms with Gasteiger partial charge in [-0.3, -0.25) is 0 Å². The Morgan fingerprint density at radius 3 is 0.793 bits per heavy atom. The van der Waals surface area contributed by atoms with Gasteiger partial charge in [0.1, 0.15) is 0 Å². The molecule has 18 heteroatoms. The molecule has 29 heavy (non-hydrogen) atoms. The van der Waals surface area contributed by atoms with E-state index in [1.807, 2.05) is 0 Å². The van der Waals surface area contributed by atoms with Crippen LogP contribution in [0, 0.1) is 5.53 Å². The summed E-state index contributed by atoms with van der Waals surface area (Å²) in [4.78, 5) is 66.4. The summed E-state index contributed by atoms with van der Waals surface area (Å²) in [6.07, 6.45) is 13.0. The molecule has 0 spiro atoms. The minimum absolute atomic E-state index is 1.37. The molecule has 0 heterocycles. The molecule has 0 aliphatic carbocycles. The quantitative estimate of drug-likeness (QED) is 0.0767. The van der Waals surface area contributed by atoms with Crippen LogP contribution < -0.4 is 0 Å². The average molecular weight is 493 g/mol. The molecular formula is C11H34N3O12P3. The molecule has 0 fully saturated rings. The van der Waals surface area contributed by atoms with Crippen molar-refractivity contribution in [3.8, 4) is 0 Å². The van der Waals surface area contributed by atoms with Crippen LogP contribution in [0.2, 0.25) is 0 Å². The third-order valence-electron chi connectivity index (χ3n) is 2.21. The van der Waals surface area contributed by atoms with E-state index in [0.29, 0.717) is 0 Å². The summed E-state index contributed by atoms with van der Waals surface area (Å²) in [5, 5.41) is 0. The molecule has 0 atom stereocenters. The standard InChI is InChI=1S/C11H24.HN3.3H3O4P/c1-3-5-7-9-11-10-8-6-4-2;1-3-2;3*1-5(2,3)4/h3-11H2,1-2H3;1H;3*(H3,1,2,3,4). The van der Waals surface area contributed by atoms with E-state index in [9.17, 15) is 0 Å². The highest BCUT2D eigenvalue weighted by atomic mass is 31.2. The number of phosphoric acid groups is 3. The van der Waals surface area contributed by atoms with Crippen molar-refractivity contribution in [1.82, 2.24) is 0 Å². The van der Waals surface area contributed by atoms with Gasteiger partial charge in [0.15, 0.2) is 0 Å². The molecule has 0 radical (unpaired) electrons. The van der Waals surface area contributed by atoms with Gasteiger partial charge in [-0.2, -0.15) is 0 Å². The fourth-order valence-electron chi connectivity index (χ4n) is 1.38. The SMILES string of the molecule is CCCCCCCCCCC.O=P(O)(O)O.O=P(O)(O)O.O=P(O)(O)O.[N-]=[N+]=N. The fourth-order valence-corrected chi connectivity index (χ4v) is 1.38. The largest absolute Gasteiger partial charge is 0.466 e. The van der Waals surface area contributed by atoms with Gasteiger partial charge >= 0.3 is 23.5 Å². The Morgan fingerprint density at radius 1 is 0.586 bits per heavy atom. The molecule has 0 aliphatic rings. The molecule has 0 aliphatic heterocycles. The first kappa shape index (κ1) is 39.2. The lowest BCUT2D eigenvalue weighted by molar-refractivity contribution is 0.272. The van der Waals surface area contributed by atoms with Gasteiger partial charge in [0, 0.05) is 0 Å². The zero-order valence-corrected chi connectivity index (χ0v) is 19.0. The number of nitrogens with zero attached hydrogens (tertiary/aromatic N) is 2. The summed E-state index contributed by atoms with van der Waals surface area (Å²) < 4.78 is 26.6. The van der Waals surface area contributed by atoms with Gasteiger partial charge in [-0.25, -0.2) is 13.7 Å². The third kappa shape index (κ3) is 311. The van der Waals surface area contributed by atoms with Crippen LogP contribution in [0.5, 0.6) is 0 Å². The van der Waals surface area contributed by atoms with E-state index >= 15 is 0 Å². The average Bonchev–Trinajstić information content (AvgIpc) is 2.42.